The average molecular weight is 641 g/mol. The molecule has 12 heteroatoms. The van der Waals surface area contributed by atoms with Gasteiger partial charge in [-0.25, -0.2) is 13.6 Å². The number of nitrogens with zero attached hydrogens (tertiary/aromatic N) is 2. The van der Waals surface area contributed by atoms with Gasteiger partial charge in [-0.3, -0.25) is 14.6 Å². The number of carbonyl (C=O) groups is 2. The van der Waals surface area contributed by atoms with Crippen molar-refractivity contribution in [1.29, 1.82) is 0 Å². The van der Waals surface area contributed by atoms with Crippen LogP contribution in [0.15, 0.2) is 65.6 Å². The summed E-state index contributed by atoms with van der Waals surface area (Å²) in [6, 6.07) is 15.1. The maximum absolute atomic E-state index is 14.0. The first-order chi connectivity index (χ1) is 21.3. The topological polar surface area (TPSA) is 88.5 Å². The Hall–Kier alpha value is -3.84. The van der Waals surface area contributed by atoms with E-state index in [9.17, 15) is 18.4 Å². The SMILES string of the molecule is O=C(O)c1ccc(OCCCN2C(=O)/C(=C/c3cc(-c4ccc(F)c(F)c4)ccc3OCCN3CCOCC3)SC2=S)cc1. The largest absolute Gasteiger partial charge is 0.494 e. The van der Waals surface area contributed by atoms with Gasteiger partial charge < -0.3 is 19.3 Å². The number of carbonyl (C=O) groups excluding carboxylic acids is 1. The van der Waals surface area contributed by atoms with Gasteiger partial charge in [-0.15, -0.1) is 0 Å². The van der Waals surface area contributed by atoms with E-state index in [0.717, 1.165) is 25.2 Å². The van der Waals surface area contributed by atoms with Crippen LogP contribution in [0, 0.1) is 11.6 Å². The molecule has 2 aliphatic rings. The van der Waals surface area contributed by atoms with Gasteiger partial charge in [0.05, 0.1) is 30.3 Å². The number of aromatic carboxylic acids is 1. The Bertz CT molecular complexity index is 1560. The van der Waals surface area contributed by atoms with Crippen molar-refractivity contribution < 1.29 is 37.7 Å². The summed E-state index contributed by atoms with van der Waals surface area (Å²) in [5.41, 5.74) is 1.91. The van der Waals surface area contributed by atoms with Crippen LogP contribution >= 0.6 is 24.0 Å². The number of hydrogen-bond acceptors (Lipinski definition) is 8. The zero-order valence-electron chi connectivity index (χ0n) is 23.7. The average Bonchev–Trinajstić information content (AvgIpc) is 3.29. The standard InChI is InChI=1S/C32H30F2N2O6S2/c33-26-8-4-23(19-27(26)34)22-5-9-28(42-17-13-35-11-15-40-16-12-35)24(18-22)20-29-30(37)36(32(43)44-29)10-1-14-41-25-6-2-21(3-7-25)31(38)39/h2-9,18-20H,1,10-17H2,(H,38,39)/b29-20-. The highest BCUT2D eigenvalue weighted by Crippen LogP contribution is 2.36. The molecule has 44 heavy (non-hydrogen) atoms. The lowest BCUT2D eigenvalue weighted by atomic mass is 10.0. The summed E-state index contributed by atoms with van der Waals surface area (Å²) in [7, 11) is 0. The maximum Gasteiger partial charge on any atom is 0.335 e. The van der Waals surface area contributed by atoms with Crippen LogP contribution in [0.3, 0.4) is 0 Å². The first-order valence-electron chi connectivity index (χ1n) is 14.0. The molecule has 0 aromatic heterocycles. The number of benzene rings is 3. The van der Waals surface area contributed by atoms with Gasteiger partial charge in [0.15, 0.2) is 11.6 Å². The molecule has 0 bridgehead atoms. The van der Waals surface area contributed by atoms with Crippen molar-refractivity contribution in [3.63, 3.8) is 0 Å². The van der Waals surface area contributed by atoms with Gasteiger partial charge in [-0.05, 0) is 72.2 Å². The van der Waals surface area contributed by atoms with Gasteiger partial charge in [0.1, 0.15) is 22.4 Å². The van der Waals surface area contributed by atoms with Crippen LogP contribution in [0.25, 0.3) is 17.2 Å². The van der Waals surface area contributed by atoms with Crippen molar-refractivity contribution in [3.8, 4) is 22.6 Å². The quantitative estimate of drug-likeness (QED) is 0.152. The molecular formula is C32H30F2N2O6S2. The lowest BCUT2D eigenvalue weighted by Crippen LogP contribution is -2.38. The summed E-state index contributed by atoms with van der Waals surface area (Å²) in [6.45, 7) is 4.80. The first-order valence-corrected chi connectivity index (χ1v) is 15.2. The number of carboxylic acid groups (broad SMARTS) is 1. The summed E-state index contributed by atoms with van der Waals surface area (Å²) < 4.78 is 45.2. The lowest BCUT2D eigenvalue weighted by molar-refractivity contribution is -0.122. The number of carboxylic acids is 1. The van der Waals surface area contributed by atoms with Crippen molar-refractivity contribution in [2.24, 2.45) is 0 Å². The molecule has 8 nitrogen and oxygen atoms in total. The zero-order valence-corrected chi connectivity index (χ0v) is 25.3. The molecule has 230 valence electrons. The van der Waals surface area contributed by atoms with Gasteiger partial charge >= 0.3 is 5.97 Å². The monoisotopic (exact) mass is 640 g/mol. The van der Waals surface area contributed by atoms with Crippen molar-refractivity contribution in [2.45, 2.75) is 6.42 Å². The molecule has 1 N–H and O–H groups in total. The summed E-state index contributed by atoms with van der Waals surface area (Å²) in [5, 5.41) is 9.03. The Labute approximate surface area is 263 Å². The second-order valence-electron chi connectivity index (χ2n) is 10.0. The van der Waals surface area contributed by atoms with Crippen molar-refractivity contribution >= 4 is 46.3 Å². The van der Waals surface area contributed by atoms with Crippen LogP contribution in [0.1, 0.15) is 22.3 Å². The van der Waals surface area contributed by atoms with Crippen LogP contribution in [0.4, 0.5) is 8.78 Å². The summed E-state index contributed by atoms with van der Waals surface area (Å²) in [5.74, 6) is -2.05. The van der Waals surface area contributed by atoms with E-state index in [4.69, 9.17) is 31.5 Å². The Morgan fingerprint density at radius 3 is 2.41 bits per heavy atom. The number of morpholine rings is 1. The van der Waals surface area contributed by atoms with Gasteiger partial charge in [-0.1, -0.05) is 36.1 Å². The number of thioether (sulfide) groups is 1. The molecule has 0 unspecified atom stereocenters. The molecule has 5 rings (SSSR count). The number of rotatable bonds is 12. The fourth-order valence-corrected chi connectivity index (χ4v) is 6.00. The second-order valence-corrected chi connectivity index (χ2v) is 11.7. The van der Waals surface area contributed by atoms with E-state index in [-0.39, 0.29) is 11.5 Å². The van der Waals surface area contributed by atoms with E-state index in [1.54, 1.807) is 36.4 Å². The van der Waals surface area contributed by atoms with Crippen LogP contribution in [0.5, 0.6) is 11.5 Å². The third-order valence-corrected chi connectivity index (χ3v) is 8.47. The normalized spacial score (nSPS) is 16.5. The Kier molecular flexibility index (Phi) is 10.6. The summed E-state index contributed by atoms with van der Waals surface area (Å²) >= 11 is 6.69. The minimum atomic E-state index is -1.01. The van der Waals surface area contributed by atoms with Crippen molar-refractivity contribution in [1.82, 2.24) is 9.80 Å². The van der Waals surface area contributed by atoms with Crippen molar-refractivity contribution in [3.05, 3.63) is 88.3 Å². The molecule has 0 atom stereocenters. The van der Waals surface area contributed by atoms with Crippen LogP contribution in [-0.2, 0) is 9.53 Å². The highest BCUT2D eigenvalue weighted by atomic mass is 32.2. The minimum Gasteiger partial charge on any atom is -0.494 e. The maximum atomic E-state index is 14.0. The fourth-order valence-electron chi connectivity index (χ4n) is 4.70. The summed E-state index contributed by atoms with van der Waals surface area (Å²) in [4.78, 5) is 28.6. The number of thiocarbonyl (C=S) groups is 1. The minimum absolute atomic E-state index is 0.169. The smallest absolute Gasteiger partial charge is 0.335 e. The molecule has 2 saturated heterocycles. The molecule has 0 radical (unpaired) electrons. The van der Waals surface area contributed by atoms with E-state index in [0.29, 0.717) is 83.4 Å². The first kappa shape index (κ1) is 31.6. The van der Waals surface area contributed by atoms with E-state index in [2.05, 4.69) is 4.90 Å². The van der Waals surface area contributed by atoms with Crippen LogP contribution < -0.4 is 9.47 Å². The molecule has 1 amide bonds. The van der Waals surface area contributed by atoms with E-state index < -0.39 is 17.6 Å². The molecule has 2 aliphatic heterocycles. The predicted octanol–water partition coefficient (Wildman–Crippen LogP) is 5.71. The van der Waals surface area contributed by atoms with E-state index in [1.807, 2.05) is 0 Å². The third-order valence-electron chi connectivity index (χ3n) is 7.09. The molecule has 0 spiro atoms. The Morgan fingerprint density at radius 1 is 0.955 bits per heavy atom. The zero-order chi connectivity index (χ0) is 31.1. The van der Waals surface area contributed by atoms with E-state index >= 15 is 0 Å². The Morgan fingerprint density at radius 2 is 1.68 bits per heavy atom. The molecule has 3 aromatic rings. The van der Waals surface area contributed by atoms with Crippen molar-refractivity contribution in [2.75, 3.05) is 52.6 Å². The Balaban J connectivity index is 1.28. The van der Waals surface area contributed by atoms with Gasteiger partial charge in [0.25, 0.3) is 5.91 Å². The number of hydrogen-bond donors (Lipinski definition) is 1. The van der Waals surface area contributed by atoms with Gasteiger partial charge in [0.2, 0.25) is 0 Å². The second kappa shape index (κ2) is 14.8. The molecule has 3 aromatic carbocycles. The fraction of sp³-hybridized carbons (Fsp3) is 0.281. The molecule has 2 heterocycles. The predicted molar refractivity (Wildman–Crippen MR) is 168 cm³/mol. The van der Waals surface area contributed by atoms with Gasteiger partial charge in [0, 0.05) is 31.7 Å². The third kappa shape index (κ3) is 8.00. The summed E-state index contributed by atoms with van der Waals surface area (Å²) in [6.07, 6.45) is 2.22. The molecule has 2 fully saturated rings. The lowest BCUT2D eigenvalue weighted by Gasteiger charge is -2.26. The number of amides is 1. The highest BCUT2D eigenvalue weighted by Gasteiger charge is 2.32. The molecule has 0 saturated carbocycles. The van der Waals surface area contributed by atoms with Crippen LogP contribution in [0.2, 0.25) is 0 Å². The number of ether oxygens (including phenoxy) is 3. The highest BCUT2D eigenvalue weighted by molar-refractivity contribution is 8.26. The van der Waals surface area contributed by atoms with Crippen LogP contribution in [-0.4, -0.2) is 83.7 Å². The molecular weight excluding hydrogens is 610 g/mol. The van der Waals surface area contributed by atoms with Gasteiger partial charge in [-0.2, -0.15) is 0 Å². The number of halogens is 2. The van der Waals surface area contributed by atoms with E-state index in [1.165, 1.54) is 34.9 Å². The molecule has 0 aliphatic carbocycles.